The maximum atomic E-state index is 11.0. The SMILES string of the molecule is Cc1cc(C(C)NCC[N+]23CCN(CC2)CC3)ccc1N=Nc1nc2cc([N+](=O)[O-])ccc2[nH]1. The highest BCUT2D eigenvalue weighted by molar-refractivity contribution is 5.79. The molecule has 3 aromatic rings. The number of nitro benzene ring substituents is 1. The number of non-ortho nitro benzene ring substituents is 1. The lowest BCUT2D eigenvalue weighted by atomic mass is 10.0. The van der Waals surface area contributed by atoms with Gasteiger partial charge in [-0.1, -0.05) is 12.1 Å². The van der Waals surface area contributed by atoms with Crippen molar-refractivity contribution >= 4 is 28.4 Å². The molecular weight excluding hydrogens is 432 g/mol. The van der Waals surface area contributed by atoms with Crippen molar-refractivity contribution in [3.8, 4) is 0 Å². The number of nitrogens with one attached hydrogen (secondary N) is 2. The van der Waals surface area contributed by atoms with Crippen molar-refractivity contribution in [3.63, 3.8) is 0 Å². The Kier molecular flexibility index (Phi) is 6.11. The van der Waals surface area contributed by atoms with Crippen molar-refractivity contribution in [1.82, 2.24) is 20.2 Å². The summed E-state index contributed by atoms with van der Waals surface area (Å²) in [7, 11) is 0. The van der Waals surface area contributed by atoms with Gasteiger partial charge in [-0.05, 0) is 37.1 Å². The number of aryl methyl sites for hydroxylation is 1. The molecule has 3 aliphatic rings. The number of rotatable bonds is 8. The second-order valence-electron chi connectivity index (χ2n) is 9.52. The first kappa shape index (κ1) is 22.6. The minimum atomic E-state index is -0.437. The molecule has 10 heteroatoms. The number of nitro groups is 1. The quantitative estimate of drug-likeness (QED) is 0.227. The van der Waals surface area contributed by atoms with Gasteiger partial charge < -0.3 is 14.8 Å². The van der Waals surface area contributed by atoms with E-state index in [1.807, 2.05) is 13.0 Å². The van der Waals surface area contributed by atoms with Gasteiger partial charge in [-0.25, -0.2) is 4.98 Å². The van der Waals surface area contributed by atoms with Gasteiger partial charge in [-0.3, -0.25) is 15.0 Å². The molecule has 3 aliphatic heterocycles. The lowest BCUT2D eigenvalue weighted by Gasteiger charge is -2.50. The molecule has 0 spiro atoms. The Bertz CT molecular complexity index is 1220. The Morgan fingerprint density at radius 2 is 1.94 bits per heavy atom. The second kappa shape index (κ2) is 9.21. The number of aromatic amines is 1. The van der Waals surface area contributed by atoms with Gasteiger partial charge in [0, 0.05) is 44.4 Å². The molecule has 0 saturated carbocycles. The van der Waals surface area contributed by atoms with Gasteiger partial charge in [-0.2, -0.15) is 0 Å². The Morgan fingerprint density at radius 3 is 2.65 bits per heavy atom. The summed E-state index contributed by atoms with van der Waals surface area (Å²) in [4.78, 5) is 20.4. The zero-order valence-electron chi connectivity index (χ0n) is 19.7. The van der Waals surface area contributed by atoms with Crippen LogP contribution in [-0.4, -0.2) is 76.6 Å². The summed E-state index contributed by atoms with van der Waals surface area (Å²) in [5.41, 5.74) is 4.22. The summed E-state index contributed by atoms with van der Waals surface area (Å²) in [6.45, 7) is 14.1. The molecule has 2 aromatic carbocycles. The summed E-state index contributed by atoms with van der Waals surface area (Å²) in [6.07, 6.45) is 0. The standard InChI is InChI=1S/C24H31N8O2/c1-17-15-19(18(2)25-7-11-32-12-8-30(9-13-32)10-14-32)3-5-21(17)28-29-24-26-22-6-4-20(31(33)34)16-23(22)27-24/h3-6,15-16,18,25H,7-14H2,1-2H3,(H,26,27)/q+1. The summed E-state index contributed by atoms with van der Waals surface area (Å²) in [6, 6.07) is 11.0. The van der Waals surface area contributed by atoms with Crippen LogP contribution in [0.3, 0.4) is 0 Å². The first-order valence-electron chi connectivity index (χ1n) is 11.9. The van der Waals surface area contributed by atoms with Crippen molar-refractivity contribution in [2.24, 2.45) is 10.2 Å². The normalized spacial score (nSPS) is 23.1. The number of H-pyrrole nitrogens is 1. The molecule has 2 bridgehead atoms. The number of fused-ring (bicyclic) bond motifs is 4. The smallest absolute Gasteiger partial charge is 0.271 e. The van der Waals surface area contributed by atoms with Crippen molar-refractivity contribution in [1.29, 1.82) is 0 Å². The number of piperazine rings is 3. The maximum Gasteiger partial charge on any atom is 0.271 e. The predicted octanol–water partition coefficient (Wildman–Crippen LogP) is 3.99. The monoisotopic (exact) mass is 463 g/mol. The first-order chi connectivity index (χ1) is 16.4. The number of aromatic nitrogens is 2. The molecule has 0 amide bonds. The number of hydrogen-bond donors (Lipinski definition) is 2. The topological polar surface area (TPSA) is 112 Å². The number of benzene rings is 2. The fraction of sp³-hybridized carbons (Fsp3) is 0.458. The highest BCUT2D eigenvalue weighted by Gasteiger charge is 2.37. The highest BCUT2D eigenvalue weighted by atomic mass is 16.6. The van der Waals surface area contributed by atoms with Gasteiger partial charge >= 0.3 is 0 Å². The van der Waals surface area contributed by atoms with E-state index in [2.05, 4.69) is 49.5 Å². The summed E-state index contributed by atoms with van der Waals surface area (Å²) >= 11 is 0. The number of quaternary nitrogens is 1. The molecule has 1 unspecified atom stereocenters. The Morgan fingerprint density at radius 1 is 1.18 bits per heavy atom. The number of nitrogens with zero attached hydrogens (tertiary/aromatic N) is 6. The van der Waals surface area contributed by atoms with Gasteiger partial charge in [0.2, 0.25) is 5.95 Å². The third-order valence-corrected chi connectivity index (χ3v) is 7.35. The van der Waals surface area contributed by atoms with Crippen LogP contribution in [-0.2, 0) is 0 Å². The average Bonchev–Trinajstić information content (AvgIpc) is 3.26. The Labute approximate surface area is 198 Å². The van der Waals surface area contributed by atoms with E-state index in [4.69, 9.17) is 0 Å². The third-order valence-electron chi connectivity index (χ3n) is 7.35. The maximum absolute atomic E-state index is 11.0. The van der Waals surface area contributed by atoms with Crippen LogP contribution in [0.15, 0.2) is 46.6 Å². The second-order valence-corrected chi connectivity index (χ2v) is 9.52. The molecule has 1 atom stereocenters. The molecule has 3 fully saturated rings. The third kappa shape index (κ3) is 4.70. The van der Waals surface area contributed by atoms with Gasteiger partial charge in [0.05, 0.1) is 47.8 Å². The molecular formula is C24H31N8O2+. The predicted molar refractivity (Wildman–Crippen MR) is 131 cm³/mol. The number of azo groups is 1. The van der Waals surface area contributed by atoms with E-state index in [-0.39, 0.29) is 11.7 Å². The van der Waals surface area contributed by atoms with Crippen molar-refractivity contribution in [3.05, 3.63) is 57.6 Å². The molecule has 34 heavy (non-hydrogen) atoms. The minimum Gasteiger partial charge on any atom is -0.321 e. The van der Waals surface area contributed by atoms with E-state index < -0.39 is 4.92 Å². The minimum absolute atomic E-state index is 0.000582. The fourth-order valence-corrected chi connectivity index (χ4v) is 5.01. The summed E-state index contributed by atoms with van der Waals surface area (Å²) in [5, 5.41) is 23.2. The molecule has 4 heterocycles. The molecule has 178 valence electrons. The van der Waals surface area contributed by atoms with Gasteiger partial charge in [0.25, 0.3) is 5.69 Å². The molecule has 2 N–H and O–H groups in total. The average molecular weight is 464 g/mol. The zero-order chi connectivity index (χ0) is 23.7. The van der Waals surface area contributed by atoms with E-state index in [0.717, 1.165) is 17.8 Å². The zero-order valence-corrected chi connectivity index (χ0v) is 19.7. The molecule has 3 saturated heterocycles. The van der Waals surface area contributed by atoms with E-state index in [1.165, 1.54) is 68.0 Å². The lowest BCUT2D eigenvalue weighted by molar-refractivity contribution is -0.939. The molecule has 10 nitrogen and oxygen atoms in total. The van der Waals surface area contributed by atoms with Crippen LogP contribution in [0.4, 0.5) is 17.3 Å². The van der Waals surface area contributed by atoms with Crippen molar-refractivity contribution < 1.29 is 9.41 Å². The van der Waals surface area contributed by atoms with Crippen LogP contribution in [0.2, 0.25) is 0 Å². The summed E-state index contributed by atoms with van der Waals surface area (Å²) in [5.74, 6) is 0.319. The summed E-state index contributed by atoms with van der Waals surface area (Å²) < 4.78 is 1.27. The number of imidazole rings is 1. The van der Waals surface area contributed by atoms with Gasteiger partial charge in [0.15, 0.2) is 0 Å². The Hall–Kier alpha value is -3.21. The molecule has 0 aliphatic carbocycles. The van der Waals surface area contributed by atoms with E-state index in [9.17, 15) is 10.1 Å². The molecule has 0 radical (unpaired) electrons. The van der Waals surface area contributed by atoms with Gasteiger partial charge in [-0.15, -0.1) is 10.2 Å². The highest BCUT2D eigenvalue weighted by Crippen LogP contribution is 2.27. The first-order valence-corrected chi connectivity index (χ1v) is 11.9. The van der Waals surface area contributed by atoms with Crippen molar-refractivity contribution in [2.45, 2.75) is 19.9 Å². The van der Waals surface area contributed by atoms with Crippen LogP contribution >= 0.6 is 0 Å². The number of hydrogen-bond acceptors (Lipinski definition) is 7. The Balaban J connectivity index is 1.20. The van der Waals surface area contributed by atoms with Crippen LogP contribution in [0.5, 0.6) is 0 Å². The van der Waals surface area contributed by atoms with Crippen molar-refractivity contribution in [2.75, 3.05) is 52.4 Å². The van der Waals surface area contributed by atoms with Crippen LogP contribution in [0, 0.1) is 17.0 Å². The van der Waals surface area contributed by atoms with Crippen LogP contribution in [0.25, 0.3) is 11.0 Å². The largest absolute Gasteiger partial charge is 0.321 e. The van der Waals surface area contributed by atoms with Crippen LogP contribution < -0.4 is 5.32 Å². The fourth-order valence-electron chi connectivity index (χ4n) is 5.01. The van der Waals surface area contributed by atoms with Gasteiger partial charge in [0.1, 0.15) is 0 Å². The molecule has 1 aromatic heterocycles. The van der Waals surface area contributed by atoms with E-state index in [1.54, 1.807) is 6.07 Å². The molecule has 6 rings (SSSR count). The van der Waals surface area contributed by atoms with E-state index >= 15 is 0 Å². The lowest BCUT2D eigenvalue weighted by Crippen LogP contribution is -2.68. The van der Waals surface area contributed by atoms with Crippen LogP contribution in [0.1, 0.15) is 24.1 Å². The van der Waals surface area contributed by atoms with E-state index in [0.29, 0.717) is 17.0 Å².